The van der Waals surface area contributed by atoms with Gasteiger partial charge in [0, 0.05) is 41.0 Å². The number of carbonyl (C=O) groups excluding carboxylic acids is 1. The number of fused-ring (bicyclic) bond motifs is 1. The molecule has 212 valence electrons. The minimum Gasteiger partial charge on any atom is -0.507 e. The van der Waals surface area contributed by atoms with Gasteiger partial charge in [-0.05, 0) is 63.6 Å². The summed E-state index contributed by atoms with van der Waals surface area (Å²) in [7, 11) is 1.53. The van der Waals surface area contributed by atoms with Crippen molar-refractivity contribution in [2.24, 2.45) is 4.99 Å². The van der Waals surface area contributed by atoms with E-state index in [4.69, 9.17) is 26.1 Å². The Morgan fingerprint density at radius 3 is 2.55 bits per heavy atom. The number of aromatic nitrogens is 1. The van der Waals surface area contributed by atoms with Crippen LogP contribution in [-0.2, 0) is 9.53 Å². The molecule has 1 aliphatic rings. The Labute approximate surface area is 242 Å². The maximum absolute atomic E-state index is 14.0. The van der Waals surface area contributed by atoms with Gasteiger partial charge in [-0.2, -0.15) is 0 Å². The lowest BCUT2D eigenvalue weighted by molar-refractivity contribution is -0.139. The minimum absolute atomic E-state index is 0.0715. The molecule has 2 aromatic carbocycles. The molecule has 1 atom stereocenters. The lowest BCUT2D eigenvalue weighted by Crippen LogP contribution is -2.40. The average Bonchev–Trinajstić information content (AvgIpc) is 3.24. The third kappa shape index (κ3) is 5.67. The Morgan fingerprint density at radius 1 is 1.18 bits per heavy atom. The number of hydrogen-bond acceptors (Lipinski definition) is 8. The van der Waals surface area contributed by atoms with Gasteiger partial charge in [-0.3, -0.25) is 9.36 Å². The summed E-state index contributed by atoms with van der Waals surface area (Å²) >= 11 is 7.60. The van der Waals surface area contributed by atoms with E-state index >= 15 is 0 Å². The number of anilines is 1. The Hall–Kier alpha value is -3.56. The van der Waals surface area contributed by atoms with Crippen LogP contribution in [0.4, 0.5) is 5.69 Å². The molecule has 0 radical (unpaired) electrons. The number of carbonyl (C=O) groups is 1. The number of methoxy groups -OCH3 is 1. The van der Waals surface area contributed by atoms with Crippen LogP contribution in [0, 0.1) is 0 Å². The highest BCUT2D eigenvalue weighted by Gasteiger charge is 2.36. The SMILES string of the molecule is CCCC1=C(C(=O)OCC)[C@@H](c2cc(Cl)ccc2OC)n2c(s/c(=C/c3ccc(N(CC)CC)cc3O)c2=O)=N1. The number of hydrogen-bond donors (Lipinski definition) is 1. The lowest BCUT2D eigenvalue weighted by atomic mass is 9.93. The molecule has 4 rings (SSSR count). The molecule has 2 heterocycles. The molecule has 1 aromatic heterocycles. The van der Waals surface area contributed by atoms with E-state index in [-0.39, 0.29) is 23.5 Å². The molecule has 0 unspecified atom stereocenters. The highest BCUT2D eigenvalue weighted by Crippen LogP contribution is 2.38. The first-order valence-corrected chi connectivity index (χ1v) is 14.6. The number of allylic oxidation sites excluding steroid dienone is 1. The van der Waals surface area contributed by atoms with Gasteiger partial charge in [-0.1, -0.05) is 36.3 Å². The van der Waals surface area contributed by atoms with Gasteiger partial charge in [0.25, 0.3) is 5.56 Å². The van der Waals surface area contributed by atoms with Crippen molar-refractivity contribution in [2.75, 3.05) is 31.7 Å². The summed E-state index contributed by atoms with van der Waals surface area (Å²) in [4.78, 5) is 34.7. The number of halogens is 1. The van der Waals surface area contributed by atoms with Gasteiger partial charge in [-0.15, -0.1) is 0 Å². The first-order chi connectivity index (χ1) is 19.3. The molecule has 0 amide bonds. The number of thiazole rings is 1. The molecule has 0 bridgehead atoms. The summed E-state index contributed by atoms with van der Waals surface area (Å²) < 4.78 is 13.0. The summed E-state index contributed by atoms with van der Waals surface area (Å²) in [5.74, 6) is 0.0102. The molecule has 0 aliphatic carbocycles. The second kappa shape index (κ2) is 12.7. The van der Waals surface area contributed by atoms with Gasteiger partial charge in [0.05, 0.1) is 29.5 Å². The fraction of sp³-hybridized carbons (Fsp3) is 0.367. The molecule has 0 spiro atoms. The van der Waals surface area contributed by atoms with Gasteiger partial charge in [-0.25, -0.2) is 9.79 Å². The van der Waals surface area contributed by atoms with Crippen molar-refractivity contribution in [3.8, 4) is 11.5 Å². The Morgan fingerprint density at radius 2 is 1.93 bits per heavy atom. The van der Waals surface area contributed by atoms with E-state index in [2.05, 4.69) is 18.7 Å². The van der Waals surface area contributed by atoms with Crippen molar-refractivity contribution in [3.63, 3.8) is 0 Å². The van der Waals surface area contributed by atoms with E-state index in [1.54, 1.807) is 43.3 Å². The average molecular weight is 584 g/mol. The molecule has 0 fully saturated rings. The molecule has 3 aromatic rings. The molecule has 1 aliphatic heterocycles. The number of nitrogens with zero attached hydrogens (tertiary/aromatic N) is 3. The van der Waals surface area contributed by atoms with Crippen molar-refractivity contribution < 1.29 is 19.4 Å². The van der Waals surface area contributed by atoms with Crippen LogP contribution < -0.4 is 24.5 Å². The van der Waals surface area contributed by atoms with Gasteiger partial charge in [0.2, 0.25) is 0 Å². The number of phenolic OH excluding ortho intramolecular Hbond substituents is 1. The van der Waals surface area contributed by atoms with Crippen LogP contribution in [0.15, 0.2) is 57.5 Å². The van der Waals surface area contributed by atoms with Gasteiger partial charge < -0.3 is 19.5 Å². The smallest absolute Gasteiger partial charge is 0.338 e. The van der Waals surface area contributed by atoms with E-state index in [0.29, 0.717) is 43.4 Å². The van der Waals surface area contributed by atoms with E-state index < -0.39 is 12.0 Å². The van der Waals surface area contributed by atoms with Crippen LogP contribution >= 0.6 is 22.9 Å². The summed E-state index contributed by atoms with van der Waals surface area (Å²) in [5.41, 5.74) is 2.47. The maximum atomic E-state index is 14.0. The molecule has 1 N–H and O–H groups in total. The predicted octanol–water partition coefficient (Wildman–Crippen LogP) is 4.79. The highest BCUT2D eigenvalue weighted by molar-refractivity contribution is 7.07. The monoisotopic (exact) mass is 583 g/mol. The molecule has 10 heteroatoms. The molecule has 0 saturated carbocycles. The van der Waals surface area contributed by atoms with Crippen LogP contribution in [0.2, 0.25) is 5.02 Å². The first kappa shape index (κ1) is 29.4. The van der Waals surface area contributed by atoms with Crippen molar-refractivity contribution >= 4 is 40.7 Å². The van der Waals surface area contributed by atoms with Gasteiger partial charge in [0.15, 0.2) is 4.80 Å². The number of aromatic hydroxyl groups is 1. The Kier molecular flexibility index (Phi) is 9.37. The summed E-state index contributed by atoms with van der Waals surface area (Å²) in [6.07, 6.45) is 2.92. The van der Waals surface area contributed by atoms with E-state index in [0.717, 1.165) is 25.2 Å². The third-order valence-corrected chi connectivity index (χ3v) is 8.03. The minimum atomic E-state index is -0.855. The van der Waals surface area contributed by atoms with Crippen molar-refractivity contribution in [1.82, 2.24) is 4.57 Å². The summed E-state index contributed by atoms with van der Waals surface area (Å²) in [6, 6.07) is 9.68. The zero-order chi connectivity index (χ0) is 29.0. The van der Waals surface area contributed by atoms with Crippen LogP contribution in [-0.4, -0.2) is 42.4 Å². The Balaban J connectivity index is 1.98. The highest BCUT2D eigenvalue weighted by atomic mass is 35.5. The largest absolute Gasteiger partial charge is 0.507 e. The molecular weight excluding hydrogens is 550 g/mol. The number of phenols is 1. The fourth-order valence-corrected chi connectivity index (χ4v) is 6.11. The lowest BCUT2D eigenvalue weighted by Gasteiger charge is -2.27. The van der Waals surface area contributed by atoms with E-state index in [1.165, 1.54) is 23.0 Å². The second-order valence-electron chi connectivity index (χ2n) is 9.22. The zero-order valence-electron chi connectivity index (χ0n) is 23.4. The fourth-order valence-electron chi connectivity index (χ4n) is 4.91. The van der Waals surface area contributed by atoms with Gasteiger partial charge in [0.1, 0.15) is 17.5 Å². The van der Waals surface area contributed by atoms with Crippen molar-refractivity contribution in [1.29, 1.82) is 0 Å². The topological polar surface area (TPSA) is 93.4 Å². The summed E-state index contributed by atoms with van der Waals surface area (Å²) in [6.45, 7) is 9.64. The first-order valence-electron chi connectivity index (χ1n) is 13.4. The van der Waals surface area contributed by atoms with E-state index in [1.807, 2.05) is 13.0 Å². The third-order valence-electron chi connectivity index (χ3n) is 6.81. The molecule has 8 nitrogen and oxygen atoms in total. The predicted molar refractivity (Wildman–Crippen MR) is 159 cm³/mol. The quantitative estimate of drug-likeness (QED) is 0.345. The molecule has 40 heavy (non-hydrogen) atoms. The van der Waals surface area contributed by atoms with Crippen LogP contribution in [0.1, 0.15) is 57.7 Å². The van der Waals surface area contributed by atoms with Crippen LogP contribution in [0.3, 0.4) is 0 Å². The normalized spacial score (nSPS) is 15.1. The van der Waals surface area contributed by atoms with Crippen molar-refractivity contribution in [2.45, 2.75) is 46.6 Å². The number of benzene rings is 2. The molecule has 0 saturated heterocycles. The number of esters is 1. The number of ether oxygens (including phenoxy) is 2. The van der Waals surface area contributed by atoms with E-state index in [9.17, 15) is 14.7 Å². The maximum Gasteiger partial charge on any atom is 0.338 e. The zero-order valence-corrected chi connectivity index (χ0v) is 24.9. The molecular formula is C30H34ClN3O5S. The van der Waals surface area contributed by atoms with Gasteiger partial charge >= 0.3 is 5.97 Å². The standard InChI is InChI=1S/C30H34ClN3O5S/c1-6-10-22-26(29(37)39-9-4)27(21-16-19(31)12-14-24(21)38-5)34-28(36)25(40-30(34)32-22)15-18-11-13-20(17-23(18)35)33(7-2)8-3/h11-17,27,35H,6-10H2,1-5H3/b25-15+/t27-/m1/s1. The second-order valence-corrected chi connectivity index (χ2v) is 10.7. The van der Waals surface area contributed by atoms with Crippen LogP contribution in [0.25, 0.3) is 6.08 Å². The Bertz CT molecular complexity index is 1620. The van der Waals surface area contributed by atoms with Crippen LogP contribution in [0.5, 0.6) is 11.5 Å². The van der Waals surface area contributed by atoms with Crippen molar-refractivity contribution in [3.05, 3.63) is 83.5 Å². The summed E-state index contributed by atoms with van der Waals surface area (Å²) in [5, 5.41) is 11.3. The number of rotatable bonds is 10.